The second-order valence-electron chi connectivity index (χ2n) is 1.91. The Labute approximate surface area is 64.3 Å². The molecule has 2 nitrogen and oxygen atoms in total. The number of halogens is 1. The molecule has 3 heteroatoms. The molecule has 1 aromatic rings. The fourth-order valence-corrected chi connectivity index (χ4v) is 0.761. The number of pyridine rings is 1. The molecule has 0 fully saturated rings. The maximum absolute atomic E-state index is 6.72. The van der Waals surface area contributed by atoms with Gasteiger partial charge in [-0.15, -0.1) is 0 Å². The van der Waals surface area contributed by atoms with Crippen molar-refractivity contribution in [3.05, 3.63) is 34.4 Å². The van der Waals surface area contributed by atoms with Crippen LogP contribution in [0.5, 0.6) is 0 Å². The van der Waals surface area contributed by atoms with E-state index in [0.29, 0.717) is 10.8 Å². The average Bonchev–Trinajstić information content (AvgIpc) is 1.94. The van der Waals surface area contributed by atoms with Gasteiger partial charge in [0.1, 0.15) is 5.15 Å². The zero-order valence-corrected chi connectivity index (χ0v) is 6.18. The summed E-state index contributed by atoms with van der Waals surface area (Å²) in [6.07, 6.45) is 1.59. The Hall–Kier alpha value is -1.07. The number of hydrogen-bond donors (Lipinski definition) is 0. The quantitative estimate of drug-likeness (QED) is 0.413. The highest BCUT2D eigenvalue weighted by atomic mass is 35.5. The highest BCUT2D eigenvalue weighted by molar-refractivity contribution is 6.29. The molecule has 50 valence electrons. The second kappa shape index (κ2) is 2.68. The predicted octanol–water partition coefficient (Wildman–Crippen LogP) is 2.59. The first kappa shape index (κ1) is 7.04. The number of rotatable bonds is 0. The van der Waals surface area contributed by atoms with Crippen molar-refractivity contribution in [3.63, 3.8) is 0 Å². The molecule has 0 aliphatic heterocycles. The van der Waals surface area contributed by atoms with Gasteiger partial charge in [0, 0.05) is 6.20 Å². The molecule has 1 aromatic heterocycles. The van der Waals surface area contributed by atoms with Crippen molar-refractivity contribution in [1.82, 2.24) is 4.98 Å². The van der Waals surface area contributed by atoms with E-state index in [0.717, 1.165) is 5.56 Å². The molecule has 0 aromatic carbocycles. The summed E-state index contributed by atoms with van der Waals surface area (Å²) < 4.78 is 0. The lowest BCUT2D eigenvalue weighted by atomic mass is 10.3. The molecule has 0 saturated heterocycles. The van der Waals surface area contributed by atoms with Crippen molar-refractivity contribution in [2.45, 2.75) is 6.92 Å². The zero-order valence-electron chi connectivity index (χ0n) is 5.43. The third kappa shape index (κ3) is 1.26. The van der Waals surface area contributed by atoms with Crippen LogP contribution in [0.3, 0.4) is 0 Å². The summed E-state index contributed by atoms with van der Waals surface area (Å²) in [7, 11) is 0. The van der Waals surface area contributed by atoms with E-state index in [1.807, 2.05) is 6.92 Å². The van der Waals surface area contributed by atoms with Gasteiger partial charge >= 0.3 is 0 Å². The van der Waals surface area contributed by atoms with Crippen LogP contribution in [0.1, 0.15) is 5.56 Å². The van der Waals surface area contributed by atoms with E-state index in [9.17, 15) is 0 Å². The predicted molar refractivity (Wildman–Crippen MR) is 40.2 cm³/mol. The largest absolute Gasteiger partial charge is 0.247 e. The van der Waals surface area contributed by atoms with Crippen LogP contribution in [0.25, 0.3) is 4.85 Å². The summed E-state index contributed by atoms with van der Waals surface area (Å²) in [4.78, 5) is 7.07. The van der Waals surface area contributed by atoms with E-state index >= 15 is 0 Å². The molecule has 10 heavy (non-hydrogen) atoms. The number of aromatic nitrogens is 1. The molecule has 0 aliphatic carbocycles. The Balaban J connectivity index is 3.25. The van der Waals surface area contributed by atoms with Gasteiger partial charge in [-0.05, 0) is 18.6 Å². The number of nitrogens with zero attached hydrogens (tertiary/aromatic N) is 2. The lowest BCUT2D eigenvalue weighted by Gasteiger charge is -1.94. The molecule has 0 aliphatic rings. The van der Waals surface area contributed by atoms with E-state index < -0.39 is 0 Å². The van der Waals surface area contributed by atoms with E-state index in [4.69, 9.17) is 18.2 Å². The van der Waals surface area contributed by atoms with Gasteiger partial charge in [-0.25, -0.2) is 9.83 Å². The van der Waals surface area contributed by atoms with Crippen molar-refractivity contribution in [3.8, 4) is 0 Å². The Morgan fingerprint density at radius 1 is 1.70 bits per heavy atom. The fraction of sp³-hybridized carbons (Fsp3) is 0.143. The van der Waals surface area contributed by atoms with Gasteiger partial charge in [0.2, 0.25) is 0 Å². The zero-order chi connectivity index (χ0) is 7.56. The van der Waals surface area contributed by atoms with E-state index in [1.165, 1.54) is 0 Å². The minimum Gasteiger partial charge on any atom is -0.247 e. The van der Waals surface area contributed by atoms with Gasteiger partial charge < -0.3 is 0 Å². The van der Waals surface area contributed by atoms with Gasteiger partial charge in [-0.1, -0.05) is 11.6 Å². The average molecular weight is 153 g/mol. The van der Waals surface area contributed by atoms with Gasteiger partial charge in [-0.3, -0.25) is 0 Å². The number of hydrogen-bond acceptors (Lipinski definition) is 1. The molecule has 0 spiro atoms. The van der Waals surface area contributed by atoms with Gasteiger partial charge in [0.05, 0.1) is 6.57 Å². The van der Waals surface area contributed by atoms with E-state index in [2.05, 4.69) is 9.83 Å². The second-order valence-corrected chi connectivity index (χ2v) is 2.29. The Kier molecular flexibility index (Phi) is 1.88. The molecule has 0 bridgehead atoms. The van der Waals surface area contributed by atoms with Crippen LogP contribution in [-0.2, 0) is 0 Å². The topological polar surface area (TPSA) is 17.2 Å². The third-order valence-corrected chi connectivity index (χ3v) is 1.37. The molecule has 1 heterocycles. The van der Waals surface area contributed by atoms with Gasteiger partial charge in [0.25, 0.3) is 0 Å². The van der Waals surface area contributed by atoms with E-state index in [1.54, 1.807) is 12.3 Å². The minimum atomic E-state index is 0.372. The van der Waals surface area contributed by atoms with Crippen molar-refractivity contribution < 1.29 is 0 Å². The summed E-state index contributed by atoms with van der Waals surface area (Å²) in [5.74, 6) is 0. The standard InChI is InChI=1S/C7H5ClN2/c1-5-4-10-7(8)3-6(5)9-2/h3-4H,1H3. The molecule has 0 N–H and O–H groups in total. The Bertz CT molecular complexity index is 288. The molecular weight excluding hydrogens is 148 g/mol. The summed E-state index contributed by atoms with van der Waals surface area (Å²) in [5.41, 5.74) is 1.43. The first-order valence-electron chi connectivity index (χ1n) is 2.73. The first-order chi connectivity index (χ1) is 4.74. The van der Waals surface area contributed by atoms with E-state index in [-0.39, 0.29) is 0 Å². The van der Waals surface area contributed by atoms with Crippen molar-refractivity contribution in [2.75, 3.05) is 0 Å². The summed E-state index contributed by atoms with van der Waals surface area (Å²) in [6, 6.07) is 1.56. The van der Waals surface area contributed by atoms with Crippen LogP contribution in [0.2, 0.25) is 5.15 Å². The summed E-state index contributed by atoms with van der Waals surface area (Å²) >= 11 is 5.54. The highest BCUT2D eigenvalue weighted by Crippen LogP contribution is 2.19. The van der Waals surface area contributed by atoms with Crippen molar-refractivity contribution in [1.29, 1.82) is 0 Å². The number of aryl methyl sites for hydroxylation is 1. The minimum absolute atomic E-state index is 0.372. The summed E-state index contributed by atoms with van der Waals surface area (Å²) in [6.45, 7) is 8.55. The lowest BCUT2D eigenvalue weighted by Crippen LogP contribution is -1.76. The van der Waals surface area contributed by atoms with Crippen LogP contribution in [-0.4, -0.2) is 4.98 Å². The Morgan fingerprint density at radius 3 is 2.90 bits per heavy atom. The molecule has 0 saturated carbocycles. The van der Waals surface area contributed by atoms with Crippen LogP contribution in [0.15, 0.2) is 12.3 Å². The third-order valence-electron chi connectivity index (χ3n) is 1.16. The molecular formula is C7H5ClN2. The fourth-order valence-electron chi connectivity index (χ4n) is 0.609. The highest BCUT2D eigenvalue weighted by Gasteiger charge is 1.97. The van der Waals surface area contributed by atoms with Gasteiger partial charge in [-0.2, -0.15) is 0 Å². The van der Waals surface area contributed by atoms with Crippen molar-refractivity contribution >= 4 is 17.3 Å². The summed E-state index contributed by atoms with van der Waals surface area (Å²) in [5, 5.41) is 0.372. The van der Waals surface area contributed by atoms with Crippen LogP contribution in [0, 0.1) is 13.5 Å². The SMILES string of the molecule is [C-]#[N+]c1cc(Cl)ncc1C. The lowest BCUT2D eigenvalue weighted by molar-refractivity contribution is 1.28. The maximum Gasteiger partial charge on any atom is 0.194 e. The normalized spacial score (nSPS) is 8.90. The molecule has 0 atom stereocenters. The smallest absolute Gasteiger partial charge is 0.194 e. The van der Waals surface area contributed by atoms with Crippen LogP contribution >= 0.6 is 11.6 Å². The molecule has 0 radical (unpaired) electrons. The maximum atomic E-state index is 6.72. The first-order valence-corrected chi connectivity index (χ1v) is 3.11. The van der Waals surface area contributed by atoms with Crippen LogP contribution < -0.4 is 0 Å². The van der Waals surface area contributed by atoms with Crippen LogP contribution in [0.4, 0.5) is 5.69 Å². The monoisotopic (exact) mass is 152 g/mol. The Morgan fingerprint density at radius 2 is 2.40 bits per heavy atom. The molecule has 0 amide bonds. The molecule has 0 unspecified atom stereocenters. The molecule has 1 rings (SSSR count). The van der Waals surface area contributed by atoms with Gasteiger partial charge in [0.15, 0.2) is 5.69 Å². The van der Waals surface area contributed by atoms with Crippen molar-refractivity contribution in [2.24, 2.45) is 0 Å².